The van der Waals surface area contributed by atoms with Crippen molar-refractivity contribution in [2.24, 2.45) is 20.4 Å². The van der Waals surface area contributed by atoms with Crippen LogP contribution in [-0.2, 0) is 42.3 Å². The van der Waals surface area contributed by atoms with Gasteiger partial charge in [-0.15, -0.1) is 10.2 Å². The van der Waals surface area contributed by atoms with Gasteiger partial charge in [-0.1, -0.05) is 42.5 Å². The van der Waals surface area contributed by atoms with E-state index in [2.05, 4.69) is 20.4 Å². The summed E-state index contributed by atoms with van der Waals surface area (Å²) in [7, 11) is 0. The summed E-state index contributed by atoms with van der Waals surface area (Å²) in [5.41, 5.74) is 2.37. The second-order valence-corrected chi connectivity index (χ2v) is 7.99. The van der Waals surface area contributed by atoms with Gasteiger partial charge in [0.15, 0.2) is 0 Å². The van der Waals surface area contributed by atoms with E-state index in [0.717, 1.165) is 5.56 Å². The predicted molar refractivity (Wildman–Crippen MR) is 148 cm³/mol. The van der Waals surface area contributed by atoms with Crippen LogP contribution in [0.1, 0.15) is 49.2 Å². The fourth-order valence-electron chi connectivity index (χ4n) is 3.15. The maximum atomic E-state index is 11.4. The van der Waals surface area contributed by atoms with Gasteiger partial charge in [0.05, 0.1) is 5.56 Å². The molecule has 0 atom stereocenters. The molecule has 8 nitrogen and oxygen atoms in total. The molecule has 0 aliphatic rings. The SMILES string of the molecule is CCN(CC)C([S-])=NN=C(C(=NN=C([S-])N(CC)CC)c1ccc(C(=O)O)cc1)c1ccccc1.[Cu+2]. The average Bonchev–Trinajstić information content (AvgIpc) is 2.88. The first-order chi connectivity index (χ1) is 16.9. The van der Waals surface area contributed by atoms with E-state index in [1.165, 1.54) is 12.1 Å². The molecule has 0 fully saturated rings. The Balaban J connectivity index is 0.00000648. The molecule has 0 unspecified atom stereocenters. The quantitative estimate of drug-likeness (QED) is 0.152. The molecule has 1 N–H and O–H groups in total. The Morgan fingerprint density at radius 2 is 1.03 bits per heavy atom. The van der Waals surface area contributed by atoms with Gasteiger partial charge in [0.1, 0.15) is 11.4 Å². The van der Waals surface area contributed by atoms with Crippen molar-refractivity contribution in [3.8, 4) is 0 Å². The molecule has 0 aromatic heterocycles. The van der Waals surface area contributed by atoms with Crippen molar-refractivity contribution >= 4 is 53.0 Å². The Morgan fingerprint density at radius 3 is 1.39 bits per heavy atom. The maximum Gasteiger partial charge on any atom is 2.00 e. The zero-order valence-corrected chi connectivity index (χ0v) is 23.3. The number of hydrogen-bond acceptors (Lipinski definition) is 7. The van der Waals surface area contributed by atoms with Crippen molar-refractivity contribution < 1.29 is 27.0 Å². The second-order valence-electron chi connectivity index (χ2n) is 7.26. The van der Waals surface area contributed by atoms with Crippen LogP contribution in [-0.4, -0.2) is 68.8 Å². The number of benzene rings is 2. The van der Waals surface area contributed by atoms with Crippen LogP contribution in [0.25, 0.3) is 0 Å². The summed E-state index contributed by atoms with van der Waals surface area (Å²) in [5, 5.41) is 27.6. The van der Waals surface area contributed by atoms with Gasteiger partial charge in [0.25, 0.3) is 0 Å². The van der Waals surface area contributed by atoms with Gasteiger partial charge in [-0.2, -0.15) is 10.2 Å². The number of carboxylic acids is 1. The number of amidine groups is 2. The van der Waals surface area contributed by atoms with Crippen molar-refractivity contribution in [3.63, 3.8) is 0 Å². The Labute approximate surface area is 234 Å². The smallest absolute Gasteiger partial charge is 0.741 e. The summed E-state index contributed by atoms with van der Waals surface area (Å²) in [6.45, 7) is 10.8. The summed E-state index contributed by atoms with van der Waals surface area (Å²) < 4.78 is 0. The minimum atomic E-state index is -1.01. The number of aromatic carboxylic acids is 1. The van der Waals surface area contributed by atoms with Crippen molar-refractivity contribution in [2.75, 3.05) is 26.2 Å². The van der Waals surface area contributed by atoms with Gasteiger partial charge in [0.2, 0.25) is 0 Å². The molecule has 0 heterocycles. The minimum Gasteiger partial charge on any atom is -0.741 e. The van der Waals surface area contributed by atoms with E-state index in [4.69, 9.17) is 25.3 Å². The number of carboxylic acid groups (broad SMARTS) is 1. The molecule has 2 aromatic rings. The monoisotopic (exact) mass is 573 g/mol. The summed E-state index contributed by atoms with van der Waals surface area (Å²) >= 11 is 10.9. The fraction of sp³-hybridized carbons (Fsp3) is 0.320. The standard InChI is InChI=1S/C25H32N6O2S2.Cu/c1-5-30(6-2)24(34)28-26-21(18-12-10-9-11-13-18)22(27-29-25(35)31(7-3)8-4)19-14-16-20(17-15-19)23(32)33;/h9-17H,5-8H2,1-4H3,(H,28,34)(H,29,35)(H,32,33);/q;+2/p-2. The van der Waals surface area contributed by atoms with Crippen LogP contribution < -0.4 is 0 Å². The van der Waals surface area contributed by atoms with Crippen LogP contribution in [0.4, 0.5) is 0 Å². The van der Waals surface area contributed by atoms with Crippen LogP contribution in [0.15, 0.2) is 75.0 Å². The summed E-state index contributed by atoms with van der Waals surface area (Å²) in [4.78, 5) is 15.2. The minimum absolute atomic E-state index is 0. The van der Waals surface area contributed by atoms with Crippen molar-refractivity contribution in [3.05, 3.63) is 71.3 Å². The number of carbonyl (C=O) groups is 1. The molecule has 1 radical (unpaired) electrons. The second kappa shape index (κ2) is 16.0. The van der Waals surface area contributed by atoms with E-state index in [-0.39, 0.29) is 22.6 Å². The Hall–Kier alpha value is -2.85. The molecular weight excluding hydrogens is 544 g/mol. The summed E-state index contributed by atoms with van der Waals surface area (Å²) in [6, 6.07) is 15.8. The molecule has 2 aromatic carbocycles. The molecule has 36 heavy (non-hydrogen) atoms. The molecule has 0 aliphatic carbocycles. The van der Waals surface area contributed by atoms with Gasteiger partial charge in [0, 0.05) is 47.6 Å². The van der Waals surface area contributed by atoms with Crippen LogP contribution in [0.5, 0.6) is 0 Å². The molecule has 11 heteroatoms. The molecular formula is C25H30CuN6O2S2. The predicted octanol–water partition coefficient (Wildman–Crippen LogP) is 3.98. The van der Waals surface area contributed by atoms with Crippen LogP contribution in [0, 0.1) is 0 Å². The first-order valence-corrected chi connectivity index (χ1v) is 12.2. The topological polar surface area (TPSA) is 93.2 Å². The van der Waals surface area contributed by atoms with Gasteiger partial charge < -0.3 is 40.2 Å². The molecule has 0 saturated heterocycles. The zero-order valence-electron chi connectivity index (χ0n) is 20.7. The third kappa shape index (κ3) is 8.67. The van der Waals surface area contributed by atoms with E-state index in [1.807, 2.05) is 67.8 Å². The first kappa shape index (κ1) is 31.2. The number of hydrogen-bond donors (Lipinski definition) is 1. The maximum absolute atomic E-state index is 11.4. The Morgan fingerprint density at radius 1 is 0.667 bits per heavy atom. The molecule has 0 bridgehead atoms. The number of rotatable bonds is 10. The number of nitrogens with zero attached hydrogens (tertiary/aromatic N) is 6. The molecule has 0 aliphatic heterocycles. The third-order valence-corrected chi connectivity index (χ3v) is 5.90. The largest absolute Gasteiger partial charge is 2.00 e. The van der Waals surface area contributed by atoms with Crippen LogP contribution >= 0.6 is 0 Å². The Kier molecular flexibility index (Phi) is 13.9. The Bertz CT molecular complexity index is 1100. The fourth-order valence-corrected chi connectivity index (χ4v) is 3.75. The van der Waals surface area contributed by atoms with Gasteiger partial charge in [-0.25, -0.2) is 4.79 Å². The first-order valence-electron chi connectivity index (χ1n) is 11.4. The van der Waals surface area contributed by atoms with E-state index in [1.54, 1.807) is 12.1 Å². The average molecular weight is 574 g/mol. The van der Waals surface area contributed by atoms with E-state index >= 15 is 0 Å². The van der Waals surface area contributed by atoms with E-state index < -0.39 is 5.97 Å². The normalized spacial score (nSPS) is 12.7. The third-order valence-electron chi connectivity index (χ3n) is 5.22. The van der Waals surface area contributed by atoms with E-state index in [0.29, 0.717) is 53.5 Å². The summed E-state index contributed by atoms with van der Waals surface area (Å²) in [6.07, 6.45) is 0. The van der Waals surface area contributed by atoms with Gasteiger partial charge in [-0.05, 0) is 39.8 Å². The van der Waals surface area contributed by atoms with Gasteiger partial charge >= 0.3 is 23.0 Å². The molecule has 2 rings (SSSR count). The van der Waals surface area contributed by atoms with Crippen LogP contribution in [0.3, 0.4) is 0 Å². The van der Waals surface area contributed by atoms with Crippen molar-refractivity contribution in [1.29, 1.82) is 0 Å². The molecule has 195 valence electrons. The van der Waals surface area contributed by atoms with Crippen LogP contribution in [0.2, 0.25) is 0 Å². The zero-order chi connectivity index (χ0) is 25.8. The van der Waals surface area contributed by atoms with Crippen molar-refractivity contribution in [2.45, 2.75) is 27.7 Å². The molecule has 0 spiro atoms. The van der Waals surface area contributed by atoms with Crippen molar-refractivity contribution in [1.82, 2.24) is 9.80 Å². The molecule has 0 saturated carbocycles. The van der Waals surface area contributed by atoms with E-state index in [9.17, 15) is 9.90 Å². The summed E-state index contributed by atoms with van der Waals surface area (Å²) in [5.74, 6) is -1.01. The molecule has 0 amide bonds. The van der Waals surface area contributed by atoms with Gasteiger partial charge in [-0.3, -0.25) is 0 Å².